The van der Waals surface area contributed by atoms with Crippen LogP contribution in [0.2, 0.25) is 0 Å². The molecule has 0 saturated carbocycles. The van der Waals surface area contributed by atoms with Gasteiger partial charge >= 0.3 is 17.1 Å². The molecule has 0 radical (unpaired) electrons. The van der Waals surface area contributed by atoms with E-state index in [0.717, 1.165) is 52.4 Å². The topological polar surface area (TPSA) is 181 Å². The molecule has 0 aromatic rings. The van der Waals surface area contributed by atoms with E-state index in [0.29, 0.717) is 0 Å². The molecule has 1 aliphatic rings. The van der Waals surface area contributed by atoms with Crippen molar-refractivity contribution < 1.29 is 27.2 Å². The van der Waals surface area contributed by atoms with Crippen molar-refractivity contribution in [3.8, 4) is 0 Å². The number of nitrogens with one attached hydrogen (secondary N) is 4. The van der Waals surface area contributed by atoms with Gasteiger partial charge in [0.15, 0.2) is 0 Å². The van der Waals surface area contributed by atoms with E-state index in [-0.39, 0.29) is 17.1 Å². The van der Waals surface area contributed by atoms with Gasteiger partial charge in [-0.15, -0.1) is 0 Å². The van der Waals surface area contributed by atoms with Gasteiger partial charge in [0.2, 0.25) is 0 Å². The van der Waals surface area contributed by atoms with Gasteiger partial charge in [0, 0.05) is 52.4 Å². The molecule has 1 rings (SSSR count). The molecule has 13 heteroatoms. The molecule has 0 aromatic carbocycles. The van der Waals surface area contributed by atoms with Crippen molar-refractivity contribution in [2.75, 3.05) is 52.4 Å². The molecule has 0 atom stereocenters. The Morgan fingerprint density at radius 2 is 0.619 bits per heavy atom. The van der Waals surface area contributed by atoms with Crippen molar-refractivity contribution in [3.63, 3.8) is 0 Å². The van der Waals surface area contributed by atoms with Crippen LogP contribution in [0.5, 0.6) is 0 Å². The van der Waals surface area contributed by atoms with Gasteiger partial charge in [-0.05, 0) is 0 Å². The monoisotopic (exact) mass is 359 g/mol. The third-order valence-corrected chi connectivity index (χ3v) is 1.91. The maximum Gasteiger partial charge on any atom is 1.00 e. The maximum atomic E-state index is 8.25. The first-order chi connectivity index (χ1) is 9.46. The summed E-state index contributed by atoms with van der Waals surface area (Å²) >= 11 is 0. The molecule has 0 spiro atoms. The normalized spacial score (nSPS) is 16.0. The summed E-state index contributed by atoms with van der Waals surface area (Å²) in [5.41, 5.74) is 0. The van der Waals surface area contributed by atoms with Crippen LogP contribution >= 0.6 is 0 Å². The summed E-state index contributed by atoms with van der Waals surface area (Å²) in [6.45, 7) is 8.57. The van der Waals surface area contributed by atoms with Crippen molar-refractivity contribution in [2.24, 2.45) is 0 Å². The second kappa shape index (κ2) is 21.1. The van der Waals surface area contributed by atoms with Crippen LogP contribution in [0.3, 0.4) is 0 Å². The first kappa shape index (κ1) is 24.8. The van der Waals surface area contributed by atoms with Crippen LogP contribution in [0.25, 0.3) is 0 Å². The maximum absolute atomic E-state index is 8.25. The van der Waals surface area contributed by atoms with Crippen molar-refractivity contribution in [1.82, 2.24) is 21.3 Å². The molecule has 1 aliphatic heterocycles. The van der Waals surface area contributed by atoms with E-state index in [1.807, 2.05) is 0 Å². The van der Waals surface area contributed by atoms with Crippen LogP contribution in [0.15, 0.2) is 0 Å². The predicted molar refractivity (Wildman–Crippen MR) is 72.2 cm³/mol. The molecule has 0 aromatic heterocycles. The molecule has 12 nitrogen and oxygen atoms in total. The molecule has 1 heterocycles. The Hall–Kier alpha value is -1.24. The summed E-state index contributed by atoms with van der Waals surface area (Å²) in [6.07, 6.45) is 0. The van der Waals surface area contributed by atoms with Crippen molar-refractivity contribution >= 4 is 0 Å². The van der Waals surface area contributed by atoms with Gasteiger partial charge in [0.1, 0.15) is 0 Å². The van der Waals surface area contributed by atoms with Crippen LogP contribution < -0.4 is 21.3 Å². The Labute approximate surface area is 132 Å². The summed E-state index contributed by atoms with van der Waals surface area (Å²) in [5, 5.41) is 42.9. The first-order valence-electron chi connectivity index (χ1n) is 5.92. The first-order valence-corrected chi connectivity index (χ1v) is 5.92. The van der Waals surface area contributed by atoms with Crippen LogP contribution in [-0.4, -0.2) is 62.5 Å². The quantitative estimate of drug-likeness (QED) is 0.212. The fourth-order valence-corrected chi connectivity index (χ4v) is 1.21. The van der Waals surface area contributed by atoms with Crippen molar-refractivity contribution in [2.45, 2.75) is 0 Å². The number of hydrogen-bond acceptors (Lipinski definition) is 10. The molecule has 0 unspecified atom stereocenters. The zero-order valence-electron chi connectivity index (χ0n) is 11.3. The molecule has 1 fully saturated rings. The van der Waals surface area contributed by atoms with Gasteiger partial charge in [0.05, 0.1) is 10.2 Å². The predicted octanol–water partition coefficient (Wildman–Crippen LogP) is -2.12. The smallest absolute Gasteiger partial charge is 0.356 e. The minimum Gasteiger partial charge on any atom is -0.356 e. The fourth-order valence-electron chi connectivity index (χ4n) is 1.21. The summed E-state index contributed by atoms with van der Waals surface area (Å²) in [7, 11) is 0. The number of rotatable bonds is 0. The molecule has 21 heavy (non-hydrogen) atoms. The Balaban J connectivity index is -0.000000304. The van der Waals surface area contributed by atoms with Gasteiger partial charge in [-0.2, -0.15) is 0 Å². The molecular weight excluding hydrogens is 340 g/mol. The van der Waals surface area contributed by atoms with E-state index in [1.54, 1.807) is 0 Å². The van der Waals surface area contributed by atoms with E-state index in [4.69, 9.17) is 30.6 Å². The van der Waals surface area contributed by atoms with E-state index >= 15 is 0 Å². The van der Waals surface area contributed by atoms with Gasteiger partial charge in [0.25, 0.3) is 0 Å². The summed E-state index contributed by atoms with van der Waals surface area (Å²) in [6, 6.07) is 0. The Kier molecular flexibility index (Phi) is 24.8. The third kappa shape index (κ3) is 45.5. The molecule has 0 bridgehead atoms. The molecule has 130 valence electrons. The third-order valence-electron chi connectivity index (χ3n) is 1.91. The molecule has 0 amide bonds. The fraction of sp³-hybridized carbons (Fsp3) is 1.00. The standard InChI is InChI=1S/C8H20N4.Cu.2NO3/c1-2-10-5-6-12-8-7-11-4-3-9-1;;2*2-1(3)4/h9-12H,1-8H2;;;/q;+1;2*-1. The van der Waals surface area contributed by atoms with Gasteiger partial charge in [-0.25, -0.2) is 0 Å². The van der Waals surface area contributed by atoms with E-state index in [9.17, 15) is 0 Å². The molecule has 1 saturated heterocycles. The second-order valence-electron chi connectivity index (χ2n) is 3.45. The van der Waals surface area contributed by atoms with Crippen LogP contribution in [0.4, 0.5) is 0 Å². The molecular formula is C8H20CuN6O6-. The van der Waals surface area contributed by atoms with Gasteiger partial charge in [-0.3, -0.25) is 0 Å². The number of hydrogen-bond donors (Lipinski definition) is 4. The average molecular weight is 360 g/mol. The van der Waals surface area contributed by atoms with Crippen molar-refractivity contribution in [3.05, 3.63) is 30.6 Å². The summed E-state index contributed by atoms with van der Waals surface area (Å²) < 4.78 is 0. The zero-order chi connectivity index (χ0) is 15.6. The number of nitrogens with zero attached hydrogens (tertiary/aromatic N) is 2. The van der Waals surface area contributed by atoms with Crippen LogP contribution in [-0.2, 0) is 17.1 Å². The summed E-state index contributed by atoms with van der Waals surface area (Å²) in [4.78, 5) is 16.5. The van der Waals surface area contributed by atoms with Gasteiger partial charge in [-0.1, -0.05) is 0 Å². The van der Waals surface area contributed by atoms with Crippen LogP contribution in [0.1, 0.15) is 0 Å². The average Bonchev–Trinajstić information content (AvgIpc) is 2.28. The van der Waals surface area contributed by atoms with Gasteiger partial charge < -0.3 is 51.9 Å². The minimum atomic E-state index is -1.75. The Bertz CT molecular complexity index is 186. The van der Waals surface area contributed by atoms with Crippen molar-refractivity contribution in [1.29, 1.82) is 0 Å². The summed E-state index contributed by atoms with van der Waals surface area (Å²) in [5.74, 6) is 0. The second-order valence-corrected chi connectivity index (χ2v) is 3.45. The van der Waals surface area contributed by atoms with E-state index in [1.165, 1.54) is 0 Å². The molecule has 0 aliphatic carbocycles. The zero-order valence-corrected chi connectivity index (χ0v) is 12.2. The van der Waals surface area contributed by atoms with Crippen LogP contribution in [0, 0.1) is 30.6 Å². The SMILES string of the molecule is C1CNCCNCCNCCN1.O=[N+]([O-])[O-].O=[N+]([O-])[O-].[Cu+]. The largest absolute Gasteiger partial charge is 1.00 e. The van der Waals surface area contributed by atoms with E-state index in [2.05, 4.69) is 21.3 Å². The Morgan fingerprint density at radius 3 is 0.714 bits per heavy atom. The minimum absolute atomic E-state index is 0. The van der Waals surface area contributed by atoms with E-state index < -0.39 is 10.2 Å². The Morgan fingerprint density at radius 1 is 0.524 bits per heavy atom. The molecule has 4 N–H and O–H groups in total.